The molecule has 1 heterocycles. The number of aryl methyl sites for hydroxylation is 2. The minimum absolute atomic E-state index is 0.150. The molecule has 21 heavy (non-hydrogen) atoms. The fraction of sp³-hybridized carbons (Fsp3) is 0.333. The minimum Gasteiger partial charge on any atom is -0.486 e. The van der Waals surface area contributed by atoms with Crippen LogP contribution in [0.15, 0.2) is 47.4 Å². The van der Waals surface area contributed by atoms with Gasteiger partial charge in [0.25, 0.3) is 0 Å². The van der Waals surface area contributed by atoms with Crippen LogP contribution < -0.4 is 10.1 Å². The number of hydrogen-bond donors (Lipinski definition) is 1. The van der Waals surface area contributed by atoms with Crippen molar-refractivity contribution >= 4 is 11.8 Å². The van der Waals surface area contributed by atoms with E-state index in [1.807, 2.05) is 24.9 Å². The lowest BCUT2D eigenvalue weighted by molar-refractivity contribution is 0.171. The van der Waals surface area contributed by atoms with E-state index in [-0.39, 0.29) is 12.1 Å². The molecule has 0 amide bonds. The van der Waals surface area contributed by atoms with E-state index < -0.39 is 0 Å². The summed E-state index contributed by atoms with van der Waals surface area (Å²) in [7, 11) is 2.01. The third kappa shape index (κ3) is 2.94. The molecule has 2 nitrogen and oxygen atoms in total. The first-order valence-corrected chi connectivity index (χ1v) is 8.30. The van der Waals surface area contributed by atoms with Crippen molar-refractivity contribution in [3.63, 3.8) is 0 Å². The Labute approximate surface area is 130 Å². The van der Waals surface area contributed by atoms with Crippen molar-refractivity contribution in [2.45, 2.75) is 30.9 Å². The van der Waals surface area contributed by atoms with E-state index in [1.54, 1.807) is 0 Å². The van der Waals surface area contributed by atoms with Gasteiger partial charge in [-0.2, -0.15) is 0 Å². The normalized spacial score (nSPS) is 18.7. The lowest BCUT2D eigenvalue weighted by Gasteiger charge is -2.32. The van der Waals surface area contributed by atoms with E-state index in [0.29, 0.717) is 0 Å². The van der Waals surface area contributed by atoms with Gasteiger partial charge in [0.1, 0.15) is 11.9 Å². The zero-order valence-corrected chi connectivity index (χ0v) is 13.5. The summed E-state index contributed by atoms with van der Waals surface area (Å²) in [5.74, 6) is 1.97. The van der Waals surface area contributed by atoms with Crippen molar-refractivity contribution in [3.05, 3.63) is 59.2 Å². The molecule has 2 atom stereocenters. The van der Waals surface area contributed by atoms with Crippen LogP contribution in [0.5, 0.6) is 5.75 Å². The Kier molecular flexibility index (Phi) is 4.22. The third-order valence-corrected chi connectivity index (χ3v) is 5.25. The first-order valence-electron chi connectivity index (χ1n) is 7.32. The average molecular weight is 299 g/mol. The van der Waals surface area contributed by atoms with Crippen molar-refractivity contribution in [1.82, 2.24) is 5.32 Å². The molecule has 3 heteroatoms. The molecule has 2 aromatic carbocycles. The van der Waals surface area contributed by atoms with Gasteiger partial charge in [-0.1, -0.05) is 30.3 Å². The van der Waals surface area contributed by atoms with Gasteiger partial charge in [-0.15, -0.1) is 11.8 Å². The van der Waals surface area contributed by atoms with Crippen LogP contribution in [0.1, 0.15) is 22.7 Å². The SMILES string of the molecule is CNC(c1ccc(C)c(C)c1)C1CSc2ccccc2O1. The Bertz CT molecular complexity index is 641. The third-order valence-electron chi connectivity index (χ3n) is 4.10. The highest BCUT2D eigenvalue weighted by molar-refractivity contribution is 7.99. The summed E-state index contributed by atoms with van der Waals surface area (Å²) in [5.41, 5.74) is 3.96. The number of fused-ring (bicyclic) bond motifs is 1. The lowest BCUT2D eigenvalue weighted by atomic mass is 9.98. The fourth-order valence-corrected chi connectivity index (χ4v) is 3.76. The van der Waals surface area contributed by atoms with Crippen LogP contribution in [-0.4, -0.2) is 18.9 Å². The van der Waals surface area contributed by atoms with Gasteiger partial charge in [0.15, 0.2) is 0 Å². The zero-order valence-electron chi connectivity index (χ0n) is 12.7. The Morgan fingerprint density at radius 3 is 2.71 bits per heavy atom. The number of nitrogens with one attached hydrogen (secondary N) is 1. The Morgan fingerprint density at radius 1 is 1.14 bits per heavy atom. The van der Waals surface area contributed by atoms with Gasteiger partial charge in [0, 0.05) is 10.6 Å². The summed E-state index contributed by atoms with van der Waals surface area (Å²) in [6.45, 7) is 4.31. The number of hydrogen-bond acceptors (Lipinski definition) is 3. The summed E-state index contributed by atoms with van der Waals surface area (Å²) < 4.78 is 6.23. The van der Waals surface area contributed by atoms with Gasteiger partial charge in [-0.3, -0.25) is 0 Å². The van der Waals surface area contributed by atoms with Gasteiger partial charge in [-0.25, -0.2) is 0 Å². The predicted molar refractivity (Wildman–Crippen MR) is 89.3 cm³/mol. The summed E-state index contributed by atoms with van der Waals surface area (Å²) >= 11 is 1.88. The van der Waals surface area contributed by atoms with Gasteiger partial charge >= 0.3 is 0 Å². The molecule has 2 aromatic rings. The Balaban J connectivity index is 1.86. The molecule has 110 valence electrons. The second kappa shape index (κ2) is 6.12. The smallest absolute Gasteiger partial charge is 0.133 e. The Morgan fingerprint density at radius 2 is 1.95 bits per heavy atom. The molecule has 2 unspecified atom stereocenters. The van der Waals surface area contributed by atoms with Crippen LogP contribution in [0.2, 0.25) is 0 Å². The summed E-state index contributed by atoms with van der Waals surface area (Å²) in [6, 6.07) is 15.2. The molecular weight excluding hydrogens is 278 g/mol. The molecule has 1 aliphatic heterocycles. The molecule has 0 spiro atoms. The highest BCUT2D eigenvalue weighted by atomic mass is 32.2. The van der Waals surface area contributed by atoms with E-state index >= 15 is 0 Å². The van der Waals surface area contributed by atoms with Crippen LogP contribution in [0, 0.1) is 13.8 Å². The van der Waals surface area contributed by atoms with Crippen molar-refractivity contribution in [1.29, 1.82) is 0 Å². The van der Waals surface area contributed by atoms with Gasteiger partial charge in [0.05, 0.1) is 6.04 Å². The number of benzene rings is 2. The van der Waals surface area contributed by atoms with E-state index in [1.165, 1.54) is 21.6 Å². The molecule has 1 aliphatic rings. The molecule has 0 saturated carbocycles. The summed E-state index contributed by atoms with van der Waals surface area (Å²) in [6.07, 6.45) is 0.150. The lowest BCUT2D eigenvalue weighted by Crippen LogP contribution is -2.37. The van der Waals surface area contributed by atoms with Crippen molar-refractivity contribution in [2.24, 2.45) is 0 Å². The monoisotopic (exact) mass is 299 g/mol. The summed E-state index contributed by atoms with van der Waals surface area (Å²) in [4.78, 5) is 1.24. The van der Waals surface area contributed by atoms with E-state index in [2.05, 4.69) is 55.6 Å². The molecular formula is C18H21NOS. The van der Waals surface area contributed by atoms with Crippen LogP contribution in [-0.2, 0) is 0 Å². The fourth-order valence-electron chi connectivity index (χ4n) is 2.73. The molecule has 0 aromatic heterocycles. The minimum atomic E-state index is 0.150. The number of likely N-dealkylation sites (N-methyl/N-ethyl adjacent to an activating group) is 1. The average Bonchev–Trinajstić information content (AvgIpc) is 2.51. The maximum Gasteiger partial charge on any atom is 0.133 e. The predicted octanol–water partition coefficient (Wildman–Crippen LogP) is 4.12. The van der Waals surface area contributed by atoms with Crippen LogP contribution in [0.3, 0.4) is 0 Å². The van der Waals surface area contributed by atoms with Crippen LogP contribution >= 0.6 is 11.8 Å². The maximum absolute atomic E-state index is 6.23. The van der Waals surface area contributed by atoms with Crippen molar-refractivity contribution in [3.8, 4) is 5.75 Å². The van der Waals surface area contributed by atoms with Crippen molar-refractivity contribution in [2.75, 3.05) is 12.8 Å². The second-order valence-corrected chi connectivity index (χ2v) is 6.59. The number of thioether (sulfide) groups is 1. The van der Waals surface area contributed by atoms with Gasteiger partial charge < -0.3 is 10.1 Å². The zero-order chi connectivity index (χ0) is 14.8. The highest BCUT2D eigenvalue weighted by Gasteiger charge is 2.28. The van der Waals surface area contributed by atoms with Crippen LogP contribution in [0.4, 0.5) is 0 Å². The molecule has 3 rings (SSSR count). The second-order valence-electron chi connectivity index (χ2n) is 5.52. The van der Waals surface area contributed by atoms with Gasteiger partial charge in [0.2, 0.25) is 0 Å². The number of para-hydroxylation sites is 1. The van der Waals surface area contributed by atoms with E-state index in [0.717, 1.165) is 11.5 Å². The molecule has 1 N–H and O–H groups in total. The largest absolute Gasteiger partial charge is 0.486 e. The van der Waals surface area contributed by atoms with E-state index in [4.69, 9.17) is 4.74 Å². The Hall–Kier alpha value is -1.45. The number of ether oxygens (including phenoxy) is 1. The molecule has 0 fully saturated rings. The molecule has 0 radical (unpaired) electrons. The van der Waals surface area contributed by atoms with Crippen molar-refractivity contribution < 1.29 is 4.74 Å². The first kappa shape index (κ1) is 14.5. The van der Waals surface area contributed by atoms with Crippen LogP contribution in [0.25, 0.3) is 0 Å². The number of rotatable bonds is 3. The molecule has 0 bridgehead atoms. The van der Waals surface area contributed by atoms with Gasteiger partial charge in [-0.05, 0) is 49.7 Å². The van der Waals surface area contributed by atoms with E-state index in [9.17, 15) is 0 Å². The standard InChI is InChI=1S/C18H21NOS/c1-12-8-9-14(10-13(12)2)18(19-3)16-11-21-17-7-5-4-6-15(17)20-16/h4-10,16,18-19H,11H2,1-3H3. The topological polar surface area (TPSA) is 21.3 Å². The first-order chi connectivity index (χ1) is 10.2. The molecule has 0 saturated heterocycles. The highest BCUT2D eigenvalue weighted by Crippen LogP contribution is 2.38. The summed E-state index contributed by atoms with van der Waals surface area (Å²) in [5, 5.41) is 3.43. The molecule has 0 aliphatic carbocycles. The maximum atomic E-state index is 6.23. The quantitative estimate of drug-likeness (QED) is 0.921.